The number of rotatable bonds is 7. The van der Waals surface area contributed by atoms with Crippen molar-refractivity contribution in [1.82, 2.24) is 0 Å². The van der Waals surface area contributed by atoms with Gasteiger partial charge < -0.3 is 0 Å². The summed E-state index contributed by atoms with van der Waals surface area (Å²) in [6, 6.07) is 7.64. The van der Waals surface area contributed by atoms with Gasteiger partial charge in [-0.1, -0.05) is 43.5 Å². The van der Waals surface area contributed by atoms with Crippen LogP contribution in [0.25, 0.3) is 0 Å². The lowest BCUT2D eigenvalue weighted by molar-refractivity contribution is -0.116. The number of carbonyl (C=O) groups is 1. The quantitative estimate of drug-likeness (QED) is 0.525. The zero-order chi connectivity index (χ0) is 11.8. The third kappa shape index (κ3) is 5.04. The van der Waals surface area contributed by atoms with E-state index in [0.717, 1.165) is 29.2 Å². The maximum atomic E-state index is 11.5. The summed E-state index contributed by atoms with van der Waals surface area (Å²) in [5.41, 5.74) is 0. The highest BCUT2D eigenvalue weighted by Gasteiger charge is 2.05. The second-order valence-corrected chi connectivity index (χ2v) is 5.14. The molecule has 0 aromatic heterocycles. The van der Waals surface area contributed by atoms with Gasteiger partial charge >= 0.3 is 0 Å². The standard InChI is InChI=1S/C13H17ClOS/c1-2-3-4-7-11(15)10-16-13-9-6-5-8-12(13)14/h5-6,8-9H,2-4,7,10H2,1H3. The van der Waals surface area contributed by atoms with E-state index >= 15 is 0 Å². The van der Waals surface area contributed by atoms with E-state index in [1.54, 1.807) is 0 Å². The summed E-state index contributed by atoms with van der Waals surface area (Å²) in [5.74, 6) is 0.853. The Hall–Kier alpha value is -0.470. The minimum atomic E-state index is 0.318. The molecule has 0 saturated heterocycles. The topological polar surface area (TPSA) is 17.1 Å². The zero-order valence-electron chi connectivity index (χ0n) is 9.54. The molecule has 0 aliphatic carbocycles. The van der Waals surface area contributed by atoms with Gasteiger partial charge in [0.15, 0.2) is 0 Å². The van der Waals surface area contributed by atoms with Crippen molar-refractivity contribution in [3.8, 4) is 0 Å². The molecule has 0 heterocycles. The Kier molecular flexibility index (Phi) is 6.58. The van der Waals surface area contributed by atoms with Gasteiger partial charge in [-0.15, -0.1) is 11.8 Å². The SMILES string of the molecule is CCCCCC(=O)CSc1ccccc1Cl. The van der Waals surface area contributed by atoms with Gasteiger partial charge in [0, 0.05) is 11.3 Å². The van der Waals surface area contributed by atoms with Crippen molar-refractivity contribution < 1.29 is 4.79 Å². The lowest BCUT2D eigenvalue weighted by atomic mass is 10.2. The smallest absolute Gasteiger partial charge is 0.143 e. The summed E-state index contributed by atoms with van der Waals surface area (Å²) in [4.78, 5) is 12.5. The van der Waals surface area contributed by atoms with Crippen molar-refractivity contribution in [3.05, 3.63) is 29.3 Å². The molecule has 0 aliphatic rings. The van der Waals surface area contributed by atoms with E-state index in [-0.39, 0.29) is 0 Å². The number of hydrogen-bond donors (Lipinski definition) is 0. The van der Waals surface area contributed by atoms with Gasteiger partial charge in [0.2, 0.25) is 0 Å². The van der Waals surface area contributed by atoms with Crippen LogP contribution >= 0.6 is 23.4 Å². The van der Waals surface area contributed by atoms with Gasteiger partial charge in [0.1, 0.15) is 5.78 Å². The molecule has 0 atom stereocenters. The van der Waals surface area contributed by atoms with E-state index in [1.807, 2.05) is 24.3 Å². The highest BCUT2D eigenvalue weighted by Crippen LogP contribution is 2.26. The largest absolute Gasteiger partial charge is 0.299 e. The van der Waals surface area contributed by atoms with Gasteiger partial charge in [-0.2, -0.15) is 0 Å². The van der Waals surface area contributed by atoms with Crippen LogP contribution in [0.1, 0.15) is 32.6 Å². The summed E-state index contributed by atoms with van der Waals surface area (Å²) in [6.45, 7) is 2.14. The van der Waals surface area contributed by atoms with E-state index in [0.29, 0.717) is 18.0 Å². The molecular formula is C13H17ClOS. The van der Waals surface area contributed by atoms with Gasteiger partial charge in [0.25, 0.3) is 0 Å². The van der Waals surface area contributed by atoms with E-state index in [9.17, 15) is 4.79 Å². The number of halogens is 1. The average molecular weight is 257 g/mol. The van der Waals surface area contributed by atoms with E-state index in [2.05, 4.69) is 6.92 Å². The van der Waals surface area contributed by atoms with Crippen molar-refractivity contribution in [3.63, 3.8) is 0 Å². The van der Waals surface area contributed by atoms with Gasteiger partial charge in [-0.3, -0.25) is 4.79 Å². The molecule has 1 aromatic rings. The van der Waals surface area contributed by atoms with Gasteiger partial charge in [-0.05, 0) is 18.6 Å². The van der Waals surface area contributed by atoms with Crippen LogP contribution in [0.15, 0.2) is 29.2 Å². The molecule has 0 saturated carbocycles. The third-order valence-electron chi connectivity index (χ3n) is 2.28. The molecule has 1 nitrogen and oxygen atoms in total. The van der Waals surface area contributed by atoms with Crippen LogP contribution in [-0.4, -0.2) is 11.5 Å². The predicted molar refractivity (Wildman–Crippen MR) is 71.3 cm³/mol. The summed E-state index contributed by atoms with van der Waals surface area (Å²) in [7, 11) is 0. The average Bonchev–Trinajstić information content (AvgIpc) is 2.28. The van der Waals surface area contributed by atoms with Gasteiger partial charge in [0.05, 0.1) is 10.8 Å². The number of ketones is 1. The minimum Gasteiger partial charge on any atom is -0.299 e. The number of unbranched alkanes of at least 4 members (excludes halogenated alkanes) is 2. The molecule has 1 rings (SSSR count). The molecule has 0 N–H and O–H groups in total. The number of carbonyl (C=O) groups excluding carboxylic acids is 1. The third-order valence-corrected chi connectivity index (χ3v) is 3.86. The lowest BCUT2D eigenvalue weighted by Gasteiger charge is -2.03. The Morgan fingerprint density at radius 2 is 2.06 bits per heavy atom. The highest BCUT2D eigenvalue weighted by atomic mass is 35.5. The van der Waals surface area contributed by atoms with Crippen LogP contribution < -0.4 is 0 Å². The van der Waals surface area contributed by atoms with Crippen molar-refractivity contribution in [1.29, 1.82) is 0 Å². The Labute approximate surface area is 107 Å². The van der Waals surface area contributed by atoms with Crippen molar-refractivity contribution in [2.24, 2.45) is 0 Å². The fourth-order valence-corrected chi connectivity index (χ4v) is 2.51. The first-order valence-electron chi connectivity index (χ1n) is 5.63. The molecule has 0 fully saturated rings. The highest BCUT2D eigenvalue weighted by molar-refractivity contribution is 8.00. The molecule has 88 valence electrons. The molecule has 0 bridgehead atoms. The van der Waals surface area contributed by atoms with Gasteiger partial charge in [-0.25, -0.2) is 0 Å². The first-order chi connectivity index (χ1) is 7.74. The van der Waals surface area contributed by atoms with Crippen LogP contribution in [-0.2, 0) is 4.79 Å². The zero-order valence-corrected chi connectivity index (χ0v) is 11.1. The maximum absolute atomic E-state index is 11.5. The summed E-state index contributed by atoms with van der Waals surface area (Å²) < 4.78 is 0. The molecule has 16 heavy (non-hydrogen) atoms. The Balaban J connectivity index is 2.29. The van der Waals surface area contributed by atoms with Crippen LogP contribution in [0.2, 0.25) is 5.02 Å². The van der Waals surface area contributed by atoms with Crippen molar-refractivity contribution >= 4 is 29.1 Å². The monoisotopic (exact) mass is 256 g/mol. The predicted octanol–water partition coefficient (Wildman–Crippen LogP) is 4.58. The minimum absolute atomic E-state index is 0.318. The molecular weight excluding hydrogens is 240 g/mol. The fraction of sp³-hybridized carbons (Fsp3) is 0.462. The summed E-state index contributed by atoms with van der Waals surface area (Å²) >= 11 is 7.53. The fourth-order valence-electron chi connectivity index (χ4n) is 1.36. The Bertz CT molecular complexity index is 338. The maximum Gasteiger partial charge on any atom is 0.143 e. The summed E-state index contributed by atoms with van der Waals surface area (Å²) in [6.07, 6.45) is 4.01. The molecule has 1 aromatic carbocycles. The van der Waals surface area contributed by atoms with Crippen LogP contribution in [0.4, 0.5) is 0 Å². The molecule has 0 unspecified atom stereocenters. The molecule has 0 amide bonds. The van der Waals surface area contributed by atoms with Crippen LogP contribution in [0.3, 0.4) is 0 Å². The second kappa shape index (κ2) is 7.75. The van der Waals surface area contributed by atoms with Crippen LogP contribution in [0.5, 0.6) is 0 Å². The number of hydrogen-bond acceptors (Lipinski definition) is 2. The van der Waals surface area contributed by atoms with E-state index in [4.69, 9.17) is 11.6 Å². The first-order valence-corrected chi connectivity index (χ1v) is 6.99. The number of Topliss-reactive ketones (excluding diaryl/α,β-unsaturated/α-hetero) is 1. The van der Waals surface area contributed by atoms with Crippen LogP contribution in [0, 0.1) is 0 Å². The van der Waals surface area contributed by atoms with Crippen molar-refractivity contribution in [2.45, 2.75) is 37.5 Å². The normalized spacial score (nSPS) is 10.4. The lowest BCUT2D eigenvalue weighted by Crippen LogP contribution is -2.00. The van der Waals surface area contributed by atoms with E-state index < -0.39 is 0 Å². The van der Waals surface area contributed by atoms with E-state index in [1.165, 1.54) is 11.8 Å². The summed E-state index contributed by atoms with van der Waals surface area (Å²) in [5, 5.41) is 0.730. The molecule has 0 aliphatic heterocycles. The Morgan fingerprint density at radius 1 is 1.31 bits per heavy atom. The first kappa shape index (κ1) is 13.6. The second-order valence-electron chi connectivity index (χ2n) is 3.71. The Morgan fingerprint density at radius 3 is 2.75 bits per heavy atom. The van der Waals surface area contributed by atoms with Crippen molar-refractivity contribution in [2.75, 3.05) is 5.75 Å². The number of thioether (sulfide) groups is 1. The molecule has 0 radical (unpaired) electrons. The number of benzene rings is 1. The molecule has 0 spiro atoms. The molecule has 3 heteroatoms.